The minimum absolute atomic E-state index is 0.0417. The summed E-state index contributed by atoms with van der Waals surface area (Å²) in [7, 11) is 0. The smallest absolute Gasteiger partial charge is 0.227 e. The summed E-state index contributed by atoms with van der Waals surface area (Å²) in [5.74, 6) is 0.162. The first-order chi connectivity index (χ1) is 8.22. The molecule has 1 amide bonds. The molecule has 1 aromatic carbocycles. The van der Waals surface area contributed by atoms with E-state index < -0.39 is 0 Å². The molecule has 92 valence electrons. The average Bonchev–Trinajstić information content (AvgIpc) is 2.28. The summed E-state index contributed by atoms with van der Waals surface area (Å²) in [6.07, 6.45) is 2.88. The number of carbonyl (C=O) groups is 1. The molecule has 0 spiro atoms. The van der Waals surface area contributed by atoms with Gasteiger partial charge in [0.25, 0.3) is 0 Å². The van der Waals surface area contributed by atoms with Gasteiger partial charge < -0.3 is 11.1 Å². The van der Waals surface area contributed by atoms with E-state index in [2.05, 4.69) is 18.3 Å². The van der Waals surface area contributed by atoms with E-state index in [1.807, 2.05) is 18.2 Å². The van der Waals surface area contributed by atoms with Gasteiger partial charge in [-0.1, -0.05) is 37.6 Å². The summed E-state index contributed by atoms with van der Waals surface area (Å²) in [4.78, 5) is 11.9. The van der Waals surface area contributed by atoms with E-state index in [1.165, 1.54) is 11.1 Å². The number of rotatable bonds is 5. The second-order valence-corrected chi connectivity index (χ2v) is 4.75. The van der Waals surface area contributed by atoms with Gasteiger partial charge >= 0.3 is 0 Å². The van der Waals surface area contributed by atoms with Crippen molar-refractivity contribution in [2.45, 2.75) is 38.1 Å². The maximum atomic E-state index is 11.9. The van der Waals surface area contributed by atoms with Crippen LogP contribution in [0.3, 0.4) is 0 Å². The summed E-state index contributed by atoms with van der Waals surface area (Å²) in [5.41, 5.74) is 8.34. The van der Waals surface area contributed by atoms with Gasteiger partial charge in [-0.25, -0.2) is 0 Å². The molecule has 1 aromatic rings. The topological polar surface area (TPSA) is 55.1 Å². The molecule has 2 rings (SSSR count). The third kappa shape index (κ3) is 2.67. The van der Waals surface area contributed by atoms with Gasteiger partial charge in [0.15, 0.2) is 0 Å². The number of amides is 1. The molecule has 3 heteroatoms. The number of carbonyl (C=O) groups excluding carboxylic acids is 1. The summed E-state index contributed by atoms with van der Waals surface area (Å²) >= 11 is 0. The predicted octanol–water partition coefficient (Wildman–Crippen LogP) is 1.57. The lowest BCUT2D eigenvalue weighted by atomic mass is 9.77. The fraction of sp³-hybridized carbons (Fsp3) is 0.500. The zero-order valence-electron chi connectivity index (χ0n) is 10.3. The van der Waals surface area contributed by atoms with Crippen molar-refractivity contribution < 1.29 is 4.79 Å². The zero-order chi connectivity index (χ0) is 12.3. The minimum atomic E-state index is 0.0417. The van der Waals surface area contributed by atoms with Crippen LogP contribution in [0, 0.1) is 0 Å². The predicted molar refractivity (Wildman–Crippen MR) is 68.8 cm³/mol. The lowest BCUT2D eigenvalue weighted by Gasteiger charge is -2.29. The molecule has 2 atom stereocenters. The van der Waals surface area contributed by atoms with Gasteiger partial charge in [0.1, 0.15) is 0 Å². The number of hydrogen-bond acceptors (Lipinski definition) is 2. The second-order valence-electron chi connectivity index (χ2n) is 4.75. The Bertz CT molecular complexity index is 403. The van der Waals surface area contributed by atoms with Crippen LogP contribution >= 0.6 is 0 Å². The highest BCUT2D eigenvalue weighted by molar-refractivity contribution is 5.86. The average molecular weight is 232 g/mol. The van der Waals surface area contributed by atoms with Gasteiger partial charge in [-0.3, -0.25) is 4.79 Å². The number of nitrogens with two attached hydrogens (primary N) is 1. The Morgan fingerprint density at radius 2 is 2.29 bits per heavy atom. The number of fused-ring (bicyclic) bond motifs is 1. The van der Waals surface area contributed by atoms with Crippen molar-refractivity contribution in [1.29, 1.82) is 0 Å². The van der Waals surface area contributed by atoms with Crippen LogP contribution in [0.15, 0.2) is 24.3 Å². The van der Waals surface area contributed by atoms with Crippen LogP contribution in [0.1, 0.15) is 36.8 Å². The molecule has 3 nitrogen and oxygen atoms in total. The van der Waals surface area contributed by atoms with Crippen molar-refractivity contribution in [1.82, 2.24) is 5.32 Å². The van der Waals surface area contributed by atoms with Crippen molar-refractivity contribution in [2.24, 2.45) is 5.73 Å². The summed E-state index contributed by atoms with van der Waals surface area (Å²) < 4.78 is 0. The normalized spacial score (nSPS) is 19.1. The zero-order valence-corrected chi connectivity index (χ0v) is 10.3. The van der Waals surface area contributed by atoms with Gasteiger partial charge in [-0.05, 0) is 24.0 Å². The summed E-state index contributed by atoms with van der Waals surface area (Å²) in [5, 5.41) is 2.95. The third-order valence-corrected chi connectivity index (χ3v) is 3.37. The molecular formula is C14H20N2O. The Hall–Kier alpha value is -1.35. The van der Waals surface area contributed by atoms with Crippen LogP contribution in [0.5, 0.6) is 0 Å². The molecule has 0 bridgehead atoms. The quantitative estimate of drug-likeness (QED) is 0.809. The highest BCUT2D eigenvalue weighted by Gasteiger charge is 2.31. The molecule has 0 saturated heterocycles. The number of nitrogens with one attached hydrogen (secondary N) is 1. The van der Waals surface area contributed by atoms with Gasteiger partial charge in [0, 0.05) is 12.6 Å². The van der Waals surface area contributed by atoms with Gasteiger partial charge in [-0.15, -0.1) is 0 Å². The highest BCUT2D eigenvalue weighted by atomic mass is 16.1. The van der Waals surface area contributed by atoms with Crippen LogP contribution in [-0.4, -0.2) is 18.5 Å². The van der Waals surface area contributed by atoms with Crippen LogP contribution in [-0.2, 0) is 11.2 Å². The van der Waals surface area contributed by atoms with E-state index in [9.17, 15) is 4.79 Å². The van der Waals surface area contributed by atoms with Crippen LogP contribution in [0.4, 0.5) is 0 Å². The highest BCUT2D eigenvalue weighted by Crippen LogP contribution is 2.34. The van der Waals surface area contributed by atoms with Crippen molar-refractivity contribution in [2.75, 3.05) is 6.54 Å². The fourth-order valence-electron chi connectivity index (χ4n) is 2.32. The Morgan fingerprint density at radius 3 is 3.00 bits per heavy atom. The molecule has 0 aromatic heterocycles. The fourth-order valence-corrected chi connectivity index (χ4v) is 2.32. The summed E-state index contributed by atoms with van der Waals surface area (Å²) in [6, 6.07) is 8.21. The van der Waals surface area contributed by atoms with E-state index >= 15 is 0 Å². The van der Waals surface area contributed by atoms with Crippen LogP contribution < -0.4 is 11.1 Å². The molecule has 0 fully saturated rings. The maximum absolute atomic E-state index is 11.9. The molecule has 0 saturated carbocycles. The maximum Gasteiger partial charge on any atom is 0.227 e. The molecule has 0 heterocycles. The minimum Gasteiger partial charge on any atom is -0.354 e. The first-order valence-electron chi connectivity index (χ1n) is 6.33. The largest absolute Gasteiger partial charge is 0.354 e. The Labute approximate surface area is 102 Å². The first kappa shape index (κ1) is 12.1. The second kappa shape index (κ2) is 5.32. The van der Waals surface area contributed by atoms with Crippen molar-refractivity contribution in [3.8, 4) is 0 Å². The Morgan fingerprint density at radius 1 is 1.53 bits per heavy atom. The molecular weight excluding hydrogens is 212 g/mol. The molecule has 1 aliphatic carbocycles. The molecule has 0 radical (unpaired) electrons. The van der Waals surface area contributed by atoms with Crippen LogP contribution in [0.2, 0.25) is 0 Å². The molecule has 17 heavy (non-hydrogen) atoms. The standard InChI is InChI=1S/C14H20N2O/c1-2-5-11(15)9-16-14(17)13-8-10-6-3-4-7-12(10)13/h3-4,6-7,11,13H,2,5,8-9,15H2,1H3,(H,16,17). The molecule has 2 unspecified atom stereocenters. The molecule has 1 aliphatic rings. The number of hydrogen-bond donors (Lipinski definition) is 2. The van der Waals surface area contributed by atoms with Crippen LogP contribution in [0.25, 0.3) is 0 Å². The van der Waals surface area contributed by atoms with Crippen molar-refractivity contribution >= 4 is 5.91 Å². The summed E-state index contributed by atoms with van der Waals surface area (Å²) in [6.45, 7) is 2.69. The Kier molecular flexibility index (Phi) is 3.79. The van der Waals surface area contributed by atoms with Crippen molar-refractivity contribution in [3.63, 3.8) is 0 Å². The lowest BCUT2D eigenvalue weighted by Crippen LogP contribution is -2.41. The van der Waals surface area contributed by atoms with E-state index in [4.69, 9.17) is 5.73 Å². The van der Waals surface area contributed by atoms with E-state index in [0.717, 1.165) is 19.3 Å². The SMILES string of the molecule is CCCC(N)CNC(=O)C1Cc2ccccc21. The van der Waals surface area contributed by atoms with Crippen molar-refractivity contribution in [3.05, 3.63) is 35.4 Å². The van der Waals surface area contributed by atoms with Gasteiger partial charge in [0.05, 0.1) is 5.92 Å². The Balaban J connectivity index is 1.83. The van der Waals surface area contributed by atoms with E-state index in [0.29, 0.717) is 6.54 Å². The lowest BCUT2D eigenvalue weighted by molar-refractivity contribution is -0.123. The molecule has 0 aliphatic heterocycles. The van der Waals surface area contributed by atoms with Gasteiger partial charge in [-0.2, -0.15) is 0 Å². The van der Waals surface area contributed by atoms with E-state index in [1.54, 1.807) is 0 Å². The number of benzene rings is 1. The van der Waals surface area contributed by atoms with Gasteiger partial charge in [0.2, 0.25) is 5.91 Å². The first-order valence-corrected chi connectivity index (χ1v) is 6.33. The monoisotopic (exact) mass is 232 g/mol. The third-order valence-electron chi connectivity index (χ3n) is 3.37. The molecule has 3 N–H and O–H groups in total. The van der Waals surface area contributed by atoms with E-state index in [-0.39, 0.29) is 17.9 Å².